The Bertz CT molecular complexity index is 1410. The first-order valence-electron chi connectivity index (χ1n) is 12.3. The number of amides is 1. The summed E-state index contributed by atoms with van der Waals surface area (Å²) in [4.78, 5) is 25.5. The van der Waals surface area contributed by atoms with Gasteiger partial charge in [0.25, 0.3) is 0 Å². The molecule has 0 bridgehead atoms. The highest BCUT2D eigenvalue weighted by Crippen LogP contribution is 2.22. The molecule has 38 heavy (non-hydrogen) atoms. The number of carboxylic acids is 1. The van der Waals surface area contributed by atoms with Gasteiger partial charge in [-0.2, -0.15) is 4.41 Å². The topological polar surface area (TPSA) is 130 Å². The van der Waals surface area contributed by atoms with E-state index in [-0.39, 0.29) is 6.42 Å². The molecule has 1 fully saturated rings. The van der Waals surface area contributed by atoms with Crippen LogP contribution in [-0.2, 0) is 16.1 Å². The van der Waals surface area contributed by atoms with Gasteiger partial charge in [0.05, 0.1) is 0 Å². The van der Waals surface area contributed by atoms with Crippen molar-refractivity contribution in [3.05, 3.63) is 77.4 Å². The first-order chi connectivity index (χ1) is 18.3. The molecule has 3 aromatic carbocycles. The standard InChI is InChI=1S/C28H30N4O5S/c1-2-4-26(28(34)35)32(38(36)37)31-17-15-30(16-18-31)23-13-10-20(11-14-23)7-8-21-9-12-22-5-3-6-24(27(29)33)25(22)19-21/h3,5-6,9-14,19,26H,2,4,15-18H2,1H3,(H2,29,33)(H,34,35)(H,36,37)/p-1. The minimum atomic E-state index is -2.67. The molecule has 2 atom stereocenters. The van der Waals surface area contributed by atoms with Crippen molar-refractivity contribution in [2.24, 2.45) is 5.73 Å². The SMILES string of the molecule is CCCC(C(=O)O)N(N1CCN(c2ccc(C#Cc3ccc4cccc(C(N)=O)c4c3)cc2)CC1)S(=O)[O-]. The molecule has 10 heteroatoms. The van der Waals surface area contributed by atoms with Crippen LogP contribution in [0, 0.1) is 11.8 Å². The molecule has 1 aliphatic rings. The van der Waals surface area contributed by atoms with Crippen molar-refractivity contribution in [2.75, 3.05) is 31.1 Å². The van der Waals surface area contributed by atoms with E-state index in [1.807, 2.05) is 55.5 Å². The van der Waals surface area contributed by atoms with Crippen LogP contribution >= 0.6 is 0 Å². The highest BCUT2D eigenvalue weighted by atomic mass is 32.2. The van der Waals surface area contributed by atoms with Crippen LogP contribution in [-0.4, -0.2) is 67.4 Å². The van der Waals surface area contributed by atoms with Crippen LogP contribution in [0.4, 0.5) is 5.69 Å². The lowest BCUT2D eigenvalue weighted by molar-refractivity contribution is -0.147. The Morgan fingerprint density at radius 2 is 1.71 bits per heavy atom. The highest BCUT2D eigenvalue weighted by molar-refractivity contribution is 7.76. The van der Waals surface area contributed by atoms with Crippen LogP contribution in [0.3, 0.4) is 0 Å². The minimum absolute atomic E-state index is 0.248. The molecule has 198 valence electrons. The molecule has 4 rings (SSSR count). The number of piperazine rings is 1. The minimum Gasteiger partial charge on any atom is -0.759 e. The number of hydrazine groups is 1. The molecule has 1 saturated heterocycles. The Morgan fingerprint density at radius 3 is 2.32 bits per heavy atom. The molecular formula is C28H29N4O5S-. The summed E-state index contributed by atoms with van der Waals surface area (Å²) in [5.41, 5.74) is 8.55. The fourth-order valence-corrected chi connectivity index (χ4v) is 5.37. The molecule has 3 N–H and O–H groups in total. The predicted octanol–water partition coefficient (Wildman–Crippen LogP) is 2.72. The van der Waals surface area contributed by atoms with Crippen molar-refractivity contribution < 1.29 is 23.5 Å². The zero-order chi connectivity index (χ0) is 27.2. The van der Waals surface area contributed by atoms with Crippen molar-refractivity contribution in [1.82, 2.24) is 9.42 Å². The summed E-state index contributed by atoms with van der Waals surface area (Å²) in [6.07, 6.45) is 0.812. The van der Waals surface area contributed by atoms with Gasteiger partial charge in [0.15, 0.2) is 0 Å². The van der Waals surface area contributed by atoms with Crippen LogP contribution in [0.1, 0.15) is 41.3 Å². The van der Waals surface area contributed by atoms with Gasteiger partial charge in [-0.15, -0.1) is 0 Å². The fraction of sp³-hybridized carbons (Fsp3) is 0.286. The van der Waals surface area contributed by atoms with Gasteiger partial charge >= 0.3 is 5.97 Å². The van der Waals surface area contributed by atoms with Crippen LogP contribution < -0.4 is 10.6 Å². The van der Waals surface area contributed by atoms with Crippen LogP contribution in [0.2, 0.25) is 0 Å². The average Bonchev–Trinajstić information content (AvgIpc) is 2.91. The van der Waals surface area contributed by atoms with E-state index >= 15 is 0 Å². The number of primary amides is 1. The summed E-state index contributed by atoms with van der Waals surface area (Å²) in [6.45, 7) is 3.71. The summed E-state index contributed by atoms with van der Waals surface area (Å²) in [5, 5.41) is 12.8. The number of benzene rings is 3. The van der Waals surface area contributed by atoms with Crippen molar-refractivity contribution >= 4 is 39.6 Å². The molecule has 0 aliphatic carbocycles. The Morgan fingerprint density at radius 1 is 1.05 bits per heavy atom. The number of anilines is 1. The lowest BCUT2D eigenvalue weighted by atomic mass is 10.0. The van der Waals surface area contributed by atoms with Crippen LogP contribution in [0.5, 0.6) is 0 Å². The van der Waals surface area contributed by atoms with Crippen molar-refractivity contribution in [3.8, 4) is 11.8 Å². The third kappa shape index (κ3) is 6.20. The second-order valence-electron chi connectivity index (χ2n) is 9.01. The Kier molecular flexibility index (Phi) is 8.76. The normalized spacial score (nSPS) is 15.6. The number of fused-ring (bicyclic) bond motifs is 1. The Balaban J connectivity index is 1.43. The van der Waals surface area contributed by atoms with Gasteiger partial charge in [-0.25, -0.2) is 5.01 Å². The van der Waals surface area contributed by atoms with Crippen molar-refractivity contribution in [2.45, 2.75) is 25.8 Å². The molecule has 1 amide bonds. The van der Waals surface area contributed by atoms with Gasteiger partial charge in [0.1, 0.15) is 6.04 Å². The number of carbonyl (C=O) groups is 2. The van der Waals surface area contributed by atoms with Gasteiger partial charge in [0.2, 0.25) is 5.91 Å². The van der Waals surface area contributed by atoms with E-state index in [2.05, 4.69) is 16.7 Å². The molecule has 1 heterocycles. The number of carbonyl (C=O) groups excluding carboxylic acids is 1. The quantitative estimate of drug-likeness (QED) is 0.336. The van der Waals surface area contributed by atoms with Crippen LogP contribution in [0.25, 0.3) is 10.8 Å². The Labute approximate surface area is 224 Å². The van der Waals surface area contributed by atoms with Gasteiger partial charge < -0.3 is 20.3 Å². The molecule has 0 radical (unpaired) electrons. The molecule has 0 aromatic heterocycles. The van der Waals surface area contributed by atoms with Crippen molar-refractivity contribution in [1.29, 1.82) is 0 Å². The maximum Gasteiger partial charge on any atom is 0.323 e. The second-order valence-corrected chi connectivity index (χ2v) is 9.81. The number of nitrogens with two attached hydrogens (primary N) is 1. The predicted molar refractivity (Wildman–Crippen MR) is 146 cm³/mol. The first kappa shape index (κ1) is 27.3. The lowest BCUT2D eigenvalue weighted by Gasteiger charge is -2.44. The monoisotopic (exact) mass is 533 g/mol. The molecular weight excluding hydrogens is 504 g/mol. The van der Waals surface area contributed by atoms with Gasteiger partial charge in [-0.1, -0.05) is 43.4 Å². The van der Waals surface area contributed by atoms with E-state index in [1.54, 1.807) is 17.1 Å². The lowest BCUT2D eigenvalue weighted by Crippen LogP contribution is -2.58. The first-order valence-corrected chi connectivity index (χ1v) is 13.4. The zero-order valence-electron chi connectivity index (χ0n) is 21.0. The smallest absolute Gasteiger partial charge is 0.323 e. The summed E-state index contributed by atoms with van der Waals surface area (Å²) in [6, 6.07) is 17.8. The third-order valence-electron chi connectivity index (χ3n) is 6.53. The second kappa shape index (κ2) is 12.2. The van der Waals surface area contributed by atoms with Gasteiger partial charge in [-0.3, -0.25) is 13.8 Å². The van der Waals surface area contributed by atoms with Crippen molar-refractivity contribution in [3.63, 3.8) is 0 Å². The molecule has 1 aliphatic heterocycles. The van der Waals surface area contributed by atoms with E-state index in [4.69, 9.17) is 5.73 Å². The zero-order valence-corrected chi connectivity index (χ0v) is 21.8. The molecule has 3 aromatic rings. The fourth-order valence-electron chi connectivity index (χ4n) is 4.61. The summed E-state index contributed by atoms with van der Waals surface area (Å²) < 4.78 is 24.7. The van der Waals surface area contributed by atoms with E-state index in [0.29, 0.717) is 38.2 Å². The summed E-state index contributed by atoms with van der Waals surface area (Å²) in [5.74, 6) is 4.67. The van der Waals surface area contributed by atoms with E-state index in [9.17, 15) is 23.5 Å². The third-order valence-corrected chi connectivity index (χ3v) is 7.32. The average molecular weight is 534 g/mol. The number of hydrogen-bond acceptors (Lipinski definition) is 6. The highest BCUT2D eigenvalue weighted by Gasteiger charge is 2.32. The number of hydrogen-bond donors (Lipinski definition) is 2. The maximum absolute atomic E-state index is 11.9. The van der Waals surface area contributed by atoms with Gasteiger partial charge in [0, 0.05) is 59.8 Å². The number of nitrogens with zero attached hydrogens (tertiary/aromatic N) is 3. The van der Waals surface area contributed by atoms with E-state index in [0.717, 1.165) is 32.0 Å². The van der Waals surface area contributed by atoms with Gasteiger partial charge in [-0.05, 0) is 59.7 Å². The maximum atomic E-state index is 11.9. The Hall–Kier alpha value is -3.75. The molecule has 0 spiro atoms. The molecule has 0 saturated carbocycles. The number of aliphatic carboxylic acids is 1. The van der Waals surface area contributed by atoms with E-state index in [1.165, 1.54) is 0 Å². The van der Waals surface area contributed by atoms with E-state index < -0.39 is 29.2 Å². The largest absolute Gasteiger partial charge is 0.759 e. The summed E-state index contributed by atoms with van der Waals surface area (Å²) in [7, 11) is 0. The number of rotatable bonds is 8. The molecule has 9 nitrogen and oxygen atoms in total. The molecule has 2 unspecified atom stereocenters. The number of carboxylic acid groups (broad SMARTS) is 1. The van der Waals surface area contributed by atoms with Crippen LogP contribution in [0.15, 0.2) is 60.7 Å². The summed E-state index contributed by atoms with van der Waals surface area (Å²) >= 11 is -2.67.